The van der Waals surface area contributed by atoms with Crippen molar-refractivity contribution >= 4 is 16.9 Å². The Labute approximate surface area is 145 Å². The fourth-order valence-corrected chi connectivity index (χ4v) is 3.07. The van der Waals surface area contributed by atoms with E-state index in [9.17, 15) is 9.59 Å². The Bertz CT molecular complexity index is 973. The first-order valence-corrected chi connectivity index (χ1v) is 8.19. The summed E-state index contributed by atoms with van der Waals surface area (Å²) in [5, 5.41) is 8.13. The zero-order valence-electron chi connectivity index (χ0n) is 14.6. The lowest BCUT2D eigenvalue weighted by Crippen LogP contribution is -2.25. The number of rotatable bonds is 5. The van der Waals surface area contributed by atoms with Gasteiger partial charge in [-0.05, 0) is 38.0 Å². The third-order valence-electron chi connectivity index (χ3n) is 4.35. The van der Waals surface area contributed by atoms with E-state index in [0.717, 1.165) is 22.3 Å². The minimum absolute atomic E-state index is 0.104. The molecule has 0 fully saturated rings. The van der Waals surface area contributed by atoms with E-state index in [1.807, 2.05) is 32.0 Å². The number of aromatic amines is 1. The molecule has 0 bridgehead atoms. The van der Waals surface area contributed by atoms with E-state index in [4.69, 9.17) is 0 Å². The smallest absolute Gasteiger partial charge is 0.253 e. The molecule has 0 unspecified atom stereocenters. The van der Waals surface area contributed by atoms with Crippen LogP contribution < -0.4 is 10.9 Å². The maximum Gasteiger partial charge on any atom is 0.253 e. The average Bonchev–Trinajstić information content (AvgIpc) is 2.87. The van der Waals surface area contributed by atoms with Crippen molar-refractivity contribution in [2.45, 2.75) is 33.2 Å². The molecule has 1 amide bonds. The van der Waals surface area contributed by atoms with Crippen LogP contribution in [0.5, 0.6) is 0 Å². The monoisotopic (exact) mass is 339 g/mol. The number of hydrogen-bond acceptors (Lipinski definition) is 4. The summed E-state index contributed by atoms with van der Waals surface area (Å²) in [6, 6.07) is 5.56. The highest BCUT2D eigenvalue weighted by Crippen LogP contribution is 2.21. The van der Waals surface area contributed by atoms with Crippen molar-refractivity contribution < 1.29 is 4.79 Å². The molecule has 130 valence electrons. The van der Waals surface area contributed by atoms with Crippen LogP contribution >= 0.6 is 0 Å². The van der Waals surface area contributed by atoms with Gasteiger partial charge >= 0.3 is 0 Å². The van der Waals surface area contributed by atoms with Crippen LogP contribution in [0.1, 0.15) is 28.9 Å². The van der Waals surface area contributed by atoms with Gasteiger partial charge in [-0.3, -0.25) is 19.3 Å². The number of carbonyl (C=O) groups excluding carboxylic acids is 1. The maximum atomic E-state index is 12.4. The Morgan fingerprint density at radius 1 is 1.32 bits per heavy atom. The van der Waals surface area contributed by atoms with Gasteiger partial charge < -0.3 is 10.3 Å². The first-order valence-electron chi connectivity index (χ1n) is 8.19. The molecular weight excluding hydrogens is 318 g/mol. The molecule has 7 nitrogen and oxygen atoms in total. The van der Waals surface area contributed by atoms with Gasteiger partial charge in [0, 0.05) is 30.6 Å². The van der Waals surface area contributed by atoms with Gasteiger partial charge in [0.05, 0.1) is 17.9 Å². The first kappa shape index (κ1) is 16.9. The Balaban J connectivity index is 1.72. The summed E-state index contributed by atoms with van der Waals surface area (Å²) in [7, 11) is 1.80. The number of hydrogen-bond donors (Lipinski definition) is 2. The predicted molar refractivity (Wildman–Crippen MR) is 95.2 cm³/mol. The van der Waals surface area contributed by atoms with Crippen LogP contribution in [0.3, 0.4) is 0 Å². The van der Waals surface area contributed by atoms with E-state index in [1.165, 1.54) is 0 Å². The SMILES string of the molecule is Cc1nn(C)c2[nH]c(=O)c(CCC(=O)NCc3ccccn3)c(C)c12. The molecule has 25 heavy (non-hydrogen) atoms. The number of pyridine rings is 2. The number of H-pyrrole nitrogens is 1. The molecule has 0 aliphatic rings. The molecule has 3 rings (SSSR count). The molecule has 3 heterocycles. The van der Waals surface area contributed by atoms with Crippen LogP contribution in [-0.2, 0) is 24.8 Å². The molecule has 0 aliphatic heterocycles. The fraction of sp³-hybridized carbons (Fsp3) is 0.333. The number of aryl methyl sites for hydroxylation is 3. The lowest BCUT2D eigenvalue weighted by atomic mass is 10.0. The van der Waals surface area contributed by atoms with Gasteiger partial charge in [-0.25, -0.2) is 0 Å². The minimum Gasteiger partial charge on any atom is -0.350 e. The number of carbonyl (C=O) groups is 1. The standard InChI is InChI=1S/C18H21N5O2/c1-11-14(18(25)21-17-16(11)12(2)22-23(17)3)7-8-15(24)20-10-13-6-4-5-9-19-13/h4-6,9H,7-8,10H2,1-3H3,(H,20,24)(H,21,25). The Morgan fingerprint density at radius 2 is 2.12 bits per heavy atom. The molecule has 0 aromatic carbocycles. The summed E-state index contributed by atoms with van der Waals surface area (Å²) >= 11 is 0. The molecule has 3 aromatic heterocycles. The van der Waals surface area contributed by atoms with E-state index in [-0.39, 0.29) is 17.9 Å². The van der Waals surface area contributed by atoms with Crippen LogP contribution in [0.25, 0.3) is 11.0 Å². The number of fused-ring (bicyclic) bond motifs is 1. The van der Waals surface area contributed by atoms with Crippen LogP contribution in [-0.4, -0.2) is 25.7 Å². The molecule has 2 N–H and O–H groups in total. The predicted octanol–water partition coefficient (Wildman–Crippen LogP) is 1.52. The van der Waals surface area contributed by atoms with Gasteiger partial charge in [0.15, 0.2) is 0 Å². The Hall–Kier alpha value is -2.96. The molecule has 0 saturated carbocycles. The van der Waals surface area contributed by atoms with Crippen LogP contribution in [0.15, 0.2) is 29.2 Å². The van der Waals surface area contributed by atoms with E-state index >= 15 is 0 Å². The maximum absolute atomic E-state index is 12.4. The zero-order valence-corrected chi connectivity index (χ0v) is 14.6. The van der Waals surface area contributed by atoms with Crippen molar-refractivity contribution in [2.75, 3.05) is 0 Å². The zero-order chi connectivity index (χ0) is 18.0. The van der Waals surface area contributed by atoms with Gasteiger partial charge in [0.1, 0.15) is 5.65 Å². The van der Waals surface area contributed by atoms with Crippen LogP contribution in [0, 0.1) is 13.8 Å². The highest BCUT2D eigenvalue weighted by atomic mass is 16.1. The molecule has 0 atom stereocenters. The van der Waals surface area contributed by atoms with Crippen molar-refractivity contribution in [3.63, 3.8) is 0 Å². The lowest BCUT2D eigenvalue weighted by Gasteiger charge is -2.08. The van der Waals surface area contributed by atoms with Crippen molar-refractivity contribution in [1.82, 2.24) is 25.1 Å². The molecule has 0 spiro atoms. The number of nitrogens with zero attached hydrogens (tertiary/aromatic N) is 3. The van der Waals surface area contributed by atoms with Gasteiger partial charge in [-0.2, -0.15) is 5.10 Å². The fourth-order valence-electron chi connectivity index (χ4n) is 3.07. The van der Waals surface area contributed by atoms with Gasteiger partial charge in [-0.15, -0.1) is 0 Å². The molecule has 3 aromatic rings. The van der Waals surface area contributed by atoms with Crippen LogP contribution in [0.2, 0.25) is 0 Å². The highest BCUT2D eigenvalue weighted by Gasteiger charge is 2.15. The second-order valence-electron chi connectivity index (χ2n) is 6.09. The van der Waals surface area contributed by atoms with Crippen molar-refractivity contribution in [2.24, 2.45) is 7.05 Å². The Morgan fingerprint density at radius 3 is 2.84 bits per heavy atom. The summed E-state index contributed by atoms with van der Waals surface area (Å²) in [4.78, 5) is 31.5. The number of aromatic nitrogens is 4. The lowest BCUT2D eigenvalue weighted by molar-refractivity contribution is -0.121. The summed E-state index contributed by atoms with van der Waals surface area (Å²) in [6.45, 7) is 4.21. The average molecular weight is 339 g/mol. The number of amides is 1. The summed E-state index contributed by atoms with van der Waals surface area (Å²) < 4.78 is 1.67. The molecule has 7 heteroatoms. The van der Waals surface area contributed by atoms with Crippen molar-refractivity contribution in [3.8, 4) is 0 Å². The van der Waals surface area contributed by atoms with Crippen molar-refractivity contribution in [1.29, 1.82) is 0 Å². The normalized spacial score (nSPS) is 11.0. The van der Waals surface area contributed by atoms with E-state index in [2.05, 4.69) is 20.4 Å². The summed E-state index contributed by atoms with van der Waals surface area (Å²) in [5.74, 6) is -0.104. The molecular formula is C18H21N5O2. The highest BCUT2D eigenvalue weighted by molar-refractivity contribution is 5.83. The third-order valence-corrected chi connectivity index (χ3v) is 4.35. The second kappa shape index (κ2) is 6.88. The topological polar surface area (TPSA) is 92.7 Å². The Kier molecular flexibility index (Phi) is 4.65. The summed E-state index contributed by atoms with van der Waals surface area (Å²) in [6.07, 6.45) is 2.33. The summed E-state index contributed by atoms with van der Waals surface area (Å²) in [5.41, 5.74) is 3.75. The van der Waals surface area contributed by atoms with Gasteiger partial charge in [0.2, 0.25) is 5.91 Å². The van der Waals surface area contributed by atoms with Crippen molar-refractivity contribution in [3.05, 3.63) is 57.3 Å². The number of nitrogens with one attached hydrogen (secondary N) is 2. The molecule has 0 radical (unpaired) electrons. The van der Waals surface area contributed by atoms with Gasteiger partial charge in [-0.1, -0.05) is 6.07 Å². The molecule has 0 aliphatic carbocycles. The quantitative estimate of drug-likeness (QED) is 0.737. The van der Waals surface area contributed by atoms with E-state index in [0.29, 0.717) is 24.2 Å². The third kappa shape index (κ3) is 3.45. The van der Waals surface area contributed by atoms with Crippen LogP contribution in [0.4, 0.5) is 0 Å². The van der Waals surface area contributed by atoms with E-state index in [1.54, 1.807) is 17.9 Å². The largest absolute Gasteiger partial charge is 0.350 e. The first-order chi connectivity index (χ1) is 12.0. The van der Waals surface area contributed by atoms with Gasteiger partial charge in [0.25, 0.3) is 5.56 Å². The van der Waals surface area contributed by atoms with E-state index < -0.39 is 0 Å². The minimum atomic E-state index is -0.162. The molecule has 0 saturated heterocycles. The second-order valence-corrected chi connectivity index (χ2v) is 6.09.